The van der Waals surface area contributed by atoms with E-state index in [1.54, 1.807) is 19.2 Å². The number of fused-ring (bicyclic) bond motifs is 1. The molecule has 0 spiro atoms. The maximum Gasteiger partial charge on any atom is 0.300 e. The Hall–Kier alpha value is -4.32. The van der Waals surface area contributed by atoms with Gasteiger partial charge >= 0.3 is 0 Å². The number of hydrogen-bond donors (Lipinski definition) is 2. The number of aliphatic hydroxyl groups excluding tert-OH is 1. The highest BCUT2D eigenvalue weighted by atomic mass is 16.5. The number of aromatic nitrogens is 1. The fraction of sp³-hybridized carbons (Fsp3) is 0.226. The number of ketones is 1. The summed E-state index contributed by atoms with van der Waals surface area (Å²) in [7, 11) is 1.61. The van der Waals surface area contributed by atoms with E-state index in [9.17, 15) is 14.7 Å². The van der Waals surface area contributed by atoms with Gasteiger partial charge in [-0.25, -0.2) is 0 Å². The summed E-state index contributed by atoms with van der Waals surface area (Å²) < 4.78 is 5.56. The van der Waals surface area contributed by atoms with E-state index in [-0.39, 0.29) is 16.7 Å². The SMILES string of the molecule is COc1ccc(/C(O)=C2\C(=O)C(=O)N(c3ccccc3C)C2c2c[nH]c3ccccc23)cc1C(C)(C)C. The van der Waals surface area contributed by atoms with E-state index in [4.69, 9.17) is 4.74 Å². The first-order valence-electron chi connectivity index (χ1n) is 12.2. The fourth-order valence-electron chi connectivity index (χ4n) is 5.13. The number of aryl methyl sites for hydroxylation is 1. The van der Waals surface area contributed by atoms with Crippen LogP contribution < -0.4 is 9.64 Å². The van der Waals surface area contributed by atoms with Crippen molar-refractivity contribution in [3.8, 4) is 5.75 Å². The van der Waals surface area contributed by atoms with Crippen molar-refractivity contribution in [2.24, 2.45) is 0 Å². The van der Waals surface area contributed by atoms with Crippen molar-refractivity contribution in [1.82, 2.24) is 4.98 Å². The van der Waals surface area contributed by atoms with Crippen molar-refractivity contribution in [2.45, 2.75) is 39.2 Å². The lowest BCUT2D eigenvalue weighted by Crippen LogP contribution is -2.30. The number of H-pyrrole nitrogens is 1. The molecule has 37 heavy (non-hydrogen) atoms. The molecule has 1 unspecified atom stereocenters. The van der Waals surface area contributed by atoms with Gasteiger partial charge in [-0.15, -0.1) is 0 Å². The normalized spacial score (nSPS) is 17.5. The average molecular weight is 495 g/mol. The van der Waals surface area contributed by atoms with Crippen molar-refractivity contribution < 1.29 is 19.4 Å². The van der Waals surface area contributed by atoms with Crippen molar-refractivity contribution in [3.63, 3.8) is 0 Å². The van der Waals surface area contributed by atoms with E-state index in [0.29, 0.717) is 17.0 Å². The summed E-state index contributed by atoms with van der Waals surface area (Å²) in [5, 5.41) is 12.5. The molecule has 0 radical (unpaired) electrons. The molecule has 0 aliphatic carbocycles. The molecule has 0 saturated carbocycles. The number of carbonyl (C=O) groups excluding carboxylic acids is 2. The summed E-state index contributed by atoms with van der Waals surface area (Å²) in [4.78, 5) is 32.0. The molecule has 1 atom stereocenters. The maximum absolute atomic E-state index is 13.6. The molecule has 6 heteroatoms. The van der Waals surface area contributed by atoms with Crippen LogP contribution in [0.15, 0.2) is 78.5 Å². The van der Waals surface area contributed by atoms with Crippen LogP contribution in [0.25, 0.3) is 16.7 Å². The second kappa shape index (κ2) is 8.96. The zero-order valence-corrected chi connectivity index (χ0v) is 21.6. The third-order valence-corrected chi connectivity index (χ3v) is 7.02. The summed E-state index contributed by atoms with van der Waals surface area (Å²) in [6, 6.07) is 19.7. The Bertz CT molecular complexity index is 1570. The highest BCUT2D eigenvalue weighted by molar-refractivity contribution is 6.52. The number of para-hydroxylation sites is 2. The minimum atomic E-state index is -0.808. The number of anilines is 1. The molecule has 1 aliphatic heterocycles. The number of aliphatic hydroxyl groups is 1. The molecule has 1 aromatic heterocycles. The van der Waals surface area contributed by atoms with E-state index in [2.05, 4.69) is 25.8 Å². The topological polar surface area (TPSA) is 82.6 Å². The van der Waals surface area contributed by atoms with Crippen LogP contribution in [0.3, 0.4) is 0 Å². The molecule has 3 aromatic carbocycles. The number of rotatable bonds is 4. The van der Waals surface area contributed by atoms with E-state index >= 15 is 0 Å². The van der Waals surface area contributed by atoms with Crippen LogP contribution in [-0.4, -0.2) is 28.9 Å². The van der Waals surface area contributed by atoms with Gasteiger partial charge in [0, 0.05) is 39.5 Å². The van der Waals surface area contributed by atoms with E-state index in [1.807, 2.05) is 67.7 Å². The summed E-state index contributed by atoms with van der Waals surface area (Å²) in [5.41, 5.74) is 4.23. The number of methoxy groups -OCH3 is 1. The summed E-state index contributed by atoms with van der Waals surface area (Å²) in [6.07, 6.45) is 1.81. The summed E-state index contributed by atoms with van der Waals surface area (Å²) in [5.74, 6) is -0.907. The van der Waals surface area contributed by atoms with Crippen LogP contribution in [-0.2, 0) is 15.0 Å². The Morgan fingerprint density at radius 3 is 2.41 bits per heavy atom. The standard InChI is InChI=1S/C31H30N2O4/c1-18-10-6-9-13-24(18)33-27(21-17-32-23-12-8-7-11-20(21)23)26(29(35)30(33)36)28(34)19-14-15-25(37-5)22(16-19)31(2,3)4/h6-17,27,32,34H,1-5H3/b28-26+. The zero-order chi connectivity index (χ0) is 26.5. The highest BCUT2D eigenvalue weighted by Crippen LogP contribution is 2.45. The Kier molecular flexibility index (Phi) is 5.91. The van der Waals surface area contributed by atoms with Gasteiger partial charge in [0.15, 0.2) is 0 Å². The maximum atomic E-state index is 13.6. The highest BCUT2D eigenvalue weighted by Gasteiger charge is 2.48. The van der Waals surface area contributed by atoms with Crippen LogP contribution >= 0.6 is 0 Å². The van der Waals surface area contributed by atoms with E-state index in [0.717, 1.165) is 27.6 Å². The van der Waals surface area contributed by atoms with Crippen molar-refractivity contribution in [3.05, 3.63) is 101 Å². The van der Waals surface area contributed by atoms with Gasteiger partial charge in [0.05, 0.1) is 18.7 Å². The van der Waals surface area contributed by atoms with Gasteiger partial charge in [0.2, 0.25) is 0 Å². The lowest BCUT2D eigenvalue weighted by atomic mass is 9.84. The van der Waals surface area contributed by atoms with Gasteiger partial charge in [-0.2, -0.15) is 0 Å². The van der Waals surface area contributed by atoms with Crippen molar-refractivity contribution >= 4 is 34.0 Å². The number of benzene rings is 3. The fourth-order valence-corrected chi connectivity index (χ4v) is 5.13. The minimum Gasteiger partial charge on any atom is -0.507 e. The number of ether oxygens (including phenoxy) is 1. The van der Waals surface area contributed by atoms with E-state index in [1.165, 1.54) is 4.90 Å². The third kappa shape index (κ3) is 3.99. The molecule has 5 rings (SSSR count). The first kappa shape index (κ1) is 24.4. The minimum absolute atomic E-state index is 0.0584. The Labute approximate surface area is 216 Å². The van der Waals surface area contributed by atoms with Crippen LogP contribution in [0.2, 0.25) is 0 Å². The van der Waals surface area contributed by atoms with Gasteiger partial charge in [-0.3, -0.25) is 14.5 Å². The van der Waals surface area contributed by atoms with Gasteiger partial charge in [-0.05, 0) is 48.2 Å². The molecule has 6 nitrogen and oxygen atoms in total. The molecule has 0 bridgehead atoms. The second-order valence-corrected chi connectivity index (χ2v) is 10.4. The molecular weight excluding hydrogens is 464 g/mol. The molecule has 2 N–H and O–H groups in total. The molecule has 1 amide bonds. The Morgan fingerprint density at radius 2 is 1.70 bits per heavy atom. The van der Waals surface area contributed by atoms with Gasteiger partial charge in [0.1, 0.15) is 11.5 Å². The lowest BCUT2D eigenvalue weighted by Gasteiger charge is -2.26. The van der Waals surface area contributed by atoms with Crippen LogP contribution in [0.5, 0.6) is 5.75 Å². The molecule has 1 aliphatic rings. The molecular formula is C31H30N2O4. The van der Waals surface area contributed by atoms with Crippen molar-refractivity contribution in [2.75, 3.05) is 12.0 Å². The number of Topliss-reactive ketones (excluding diaryl/α,β-unsaturated/α-hetero) is 1. The van der Waals surface area contributed by atoms with Gasteiger partial charge in [0.25, 0.3) is 11.7 Å². The average Bonchev–Trinajstić information content (AvgIpc) is 3.41. The number of carbonyl (C=O) groups is 2. The molecule has 1 fully saturated rings. The number of amides is 1. The summed E-state index contributed by atoms with van der Waals surface area (Å²) >= 11 is 0. The first-order chi connectivity index (χ1) is 17.6. The number of nitrogens with one attached hydrogen (secondary N) is 1. The van der Waals surface area contributed by atoms with Crippen LogP contribution in [0.4, 0.5) is 5.69 Å². The zero-order valence-electron chi connectivity index (χ0n) is 21.6. The predicted octanol–water partition coefficient (Wildman–Crippen LogP) is 6.41. The smallest absolute Gasteiger partial charge is 0.300 e. The number of aromatic amines is 1. The summed E-state index contributed by atoms with van der Waals surface area (Å²) in [6.45, 7) is 8.06. The largest absolute Gasteiger partial charge is 0.507 e. The molecule has 188 valence electrons. The molecule has 1 saturated heterocycles. The number of hydrogen-bond acceptors (Lipinski definition) is 4. The third-order valence-electron chi connectivity index (χ3n) is 7.02. The Balaban J connectivity index is 1.79. The van der Waals surface area contributed by atoms with Crippen molar-refractivity contribution in [1.29, 1.82) is 0 Å². The monoisotopic (exact) mass is 494 g/mol. The predicted molar refractivity (Wildman–Crippen MR) is 146 cm³/mol. The Morgan fingerprint density at radius 1 is 1.00 bits per heavy atom. The second-order valence-electron chi connectivity index (χ2n) is 10.4. The van der Waals surface area contributed by atoms with Gasteiger partial charge in [-0.1, -0.05) is 57.2 Å². The van der Waals surface area contributed by atoms with Crippen LogP contribution in [0.1, 0.15) is 49.1 Å². The quantitative estimate of drug-likeness (QED) is 0.195. The van der Waals surface area contributed by atoms with E-state index < -0.39 is 17.7 Å². The van der Waals surface area contributed by atoms with Crippen LogP contribution in [0, 0.1) is 6.92 Å². The van der Waals surface area contributed by atoms with Gasteiger partial charge < -0.3 is 14.8 Å². The lowest BCUT2D eigenvalue weighted by molar-refractivity contribution is -0.132. The number of nitrogens with zero attached hydrogens (tertiary/aromatic N) is 1. The molecule has 2 heterocycles. The first-order valence-corrected chi connectivity index (χ1v) is 12.2. The molecule has 4 aromatic rings.